The lowest BCUT2D eigenvalue weighted by atomic mass is 9.69. The van der Waals surface area contributed by atoms with Gasteiger partial charge in [-0.05, 0) is 197 Å². The standard InChI is InChI=1S/C69H50N4/c1-43(2)46-20-29-52(30-21-46)72(51-27-18-45(42-70)19-28-51)55-33-24-48-39-63-66(40-49(48)38-55)69(64-16-10-8-13-58(64)59-14-9-11-17-65(59)69)68-61-37-36-56(41-62(61)57-12-6-7-15-60(57)67(63)68)73(54-34-25-50(71-5)26-35-54)53-31-22-47(23-32-53)44(3)4/h6-41,43-44H,1-4H3. The van der Waals surface area contributed by atoms with E-state index in [2.05, 4.69) is 243 Å². The molecule has 0 amide bonds. The Hall–Kier alpha value is -9.22. The molecule has 0 fully saturated rings. The number of fused-ring (bicyclic) bond motifs is 16. The quantitative estimate of drug-likeness (QED) is 0.112. The van der Waals surface area contributed by atoms with Crippen LogP contribution in [0.25, 0.3) is 59.4 Å². The van der Waals surface area contributed by atoms with E-state index in [4.69, 9.17) is 6.57 Å². The molecule has 1 spiro atoms. The van der Waals surface area contributed by atoms with Crippen LogP contribution in [0.2, 0.25) is 0 Å². The highest BCUT2D eigenvalue weighted by Crippen LogP contribution is 2.66. The van der Waals surface area contributed by atoms with Crippen molar-refractivity contribution in [2.45, 2.75) is 44.9 Å². The number of anilines is 6. The largest absolute Gasteiger partial charge is 0.311 e. The summed E-state index contributed by atoms with van der Waals surface area (Å²) in [6.07, 6.45) is 0. The summed E-state index contributed by atoms with van der Waals surface area (Å²) in [5.41, 5.74) is 19.6. The highest BCUT2D eigenvalue weighted by Gasteiger charge is 2.53. The first-order valence-electron chi connectivity index (χ1n) is 25.3. The summed E-state index contributed by atoms with van der Waals surface area (Å²) in [5.74, 6) is 0.823. The van der Waals surface area contributed by atoms with E-state index in [1.54, 1.807) is 0 Å². The van der Waals surface area contributed by atoms with Gasteiger partial charge in [-0.3, -0.25) is 0 Å². The van der Waals surface area contributed by atoms with Crippen LogP contribution in [0.15, 0.2) is 218 Å². The summed E-state index contributed by atoms with van der Waals surface area (Å²) in [5, 5.41) is 16.9. The van der Waals surface area contributed by atoms with E-state index in [0.29, 0.717) is 23.1 Å². The molecule has 13 rings (SSSR count). The average Bonchev–Trinajstić information content (AvgIpc) is 3.93. The summed E-state index contributed by atoms with van der Waals surface area (Å²) >= 11 is 0. The first kappa shape index (κ1) is 43.8. The Balaban J connectivity index is 1.08. The Morgan fingerprint density at radius 1 is 0.425 bits per heavy atom. The zero-order chi connectivity index (χ0) is 49.5. The molecule has 0 aromatic heterocycles. The molecule has 0 bridgehead atoms. The van der Waals surface area contributed by atoms with Gasteiger partial charge in [-0.15, -0.1) is 0 Å². The minimum Gasteiger partial charge on any atom is -0.311 e. The van der Waals surface area contributed by atoms with Crippen LogP contribution in [0.1, 0.15) is 78.5 Å². The smallest absolute Gasteiger partial charge is 0.187 e. The molecule has 346 valence electrons. The highest BCUT2D eigenvalue weighted by molar-refractivity contribution is 6.21. The SMILES string of the molecule is [C-]#[N+]c1ccc(N(c2ccc(C(C)C)cc2)c2ccc3c4c(c5ccccc5c3c2)-c2cc3ccc(N(c5ccc(C#N)cc5)c5ccc(C(C)C)cc5)cc3cc2C42c3ccccc3-c3ccccc32)cc1. The third-order valence-corrected chi connectivity index (χ3v) is 15.6. The van der Waals surface area contributed by atoms with E-state index in [1.807, 2.05) is 24.3 Å². The van der Waals surface area contributed by atoms with Gasteiger partial charge in [0.25, 0.3) is 0 Å². The Labute approximate surface area is 427 Å². The monoisotopic (exact) mass is 934 g/mol. The molecule has 0 unspecified atom stereocenters. The fraction of sp³-hybridized carbons (Fsp3) is 0.101. The maximum Gasteiger partial charge on any atom is 0.187 e. The molecule has 4 heteroatoms. The molecular formula is C69H50N4. The molecule has 0 saturated carbocycles. The number of nitrogens with zero attached hydrogens (tertiary/aromatic N) is 4. The van der Waals surface area contributed by atoms with Crippen LogP contribution >= 0.6 is 0 Å². The lowest BCUT2D eigenvalue weighted by Crippen LogP contribution is -2.26. The minimum atomic E-state index is -0.632. The van der Waals surface area contributed by atoms with Crippen LogP contribution in [-0.2, 0) is 5.41 Å². The molecule has 0 aliphatic heterocycles. The maximum atomic E-state index is 9.75. The van der Waals surface area contributed by atoms with Gasteiger partial charge in [0, 0.05) is 34.1 Å². The average molecular weight is 935 g/mol. The van der Waals surface area contributed by atoms with Crippen molar-refractivity contribution in [2.24, 2.45) is 0 Å². The van der Waals surface area contributed by atoms with Crippen LogP contribution in [-0.4, -0.2) is 0 Å². The second kappa shape index (κ2) is 17.0. The van der Waals surface area contributed by atoms with Gasteiger partial charge >= 0.3 is 0 Å². The molecule has 11 aromatic carbocycles. The summed E-state index contributed by atoms with van der Waals surface area (Å²) in [7, 11) is 0. The molecule has 0 N–H and O–H groups in total. The molecule has 2 aliphatic carbocycles. The van der Waals surface area contributed by atoms with Gasteiger partial charge in [0.2, 0.25) is 0 Å². The van der Waals surface area contributed by atoms with E-state index in [9.17, 15) is 5.26 Å². The van der Waals surface area contributed by atoms with Crippen LogP contribution in [0, 0.1) is 17.9 Å². The maximum absolute atomic E-state index is 9.75. The van der Waals surface area contributed by atoms with E-state index >= 15 is 0 Å². The van der Waals surface area contributed by atoms with Crippen LogP contribution in [0.5, 0.6) is 0 Å². The minimum absolute atomic E-state index is 0.410. The predicted molar refractivity (Wildman–Crippen MR) is 304 cm³/mol. The van der Waals surface area contributed by atoms with Crippen LogP contribution in [0.4, 0.5) is 39.8 Å². The first-order chi connectivity index (χ1) is 35.7. The zero-order valence-corrected chi connectivity index (χ0v) is 41.2. The third-order valence-electron chi connectivity index (χ3n) is 15.6. The van der Waals surface area contributed by atoms with Gasteiger partial charge in [-0.2, -0.15) is 5.26 Å². The third kappa shape index (κ3) is 6.72. The van der Waals surface area contributed by atoms with E-state index in [-0.39, 0.29) is 0 Å². The van der Waals surface area contributed by atoms with Crippen molar-refractivity contribution in [2.75, 3.05) is 9.80 Å². The molecule has 2 aliphatic rings. The van der Waals surface area contributed by atoms with Gasteiger partial charge < -0.3 is 9.80 Å². The van der Waals surface area contributed by atoms with Crippen molar-refractivity contribution in [3.8, 4) is 28.3 Å². The highest BCUT2D eigenvalue weighted by atomic mass is 15.1. The molecule has 11 aromatic rings. The van der Waals surface area contributed by atoms with E-state index in [1.165, 1.54) is 82.6 Å². The zero-order valence-electron chi connectivity index (χ0n) is 41.2. The van der Waals surface area contributed by atoms with Gasteiger partial charge in [-0.1, -0.05) is 149 Å². The Bertz CT molecular complexity index is 4050. The summed E-state index contributed by atoms with van der Waals surface area (Å²) in [6.45, 7) is 16.6. The normalized spacial score (nSPS) is 12.7. The van der Waals surface area contributed by atoms with Gasteiger partial charge in [0.1, 0.15) is 0 Å². The molecule has 0 heterocycles. The van der Waals surface area contributed by atoms with Crippen molar-refractivity contribution in [3.63, 3.8) is 0 Å². The van der Waals surface area contributed by atoms with E-state index < -0.39 is 5.41 Å². The van der Waals surface area contributed by atoms with Crippen LogP contribution in [0.3, 0.4) is 0 Å². The summed E-state index contributed by atoms with van der Waals surface area (Å²) in [6, 6.07) is 82.0. The van der Waals surface area contributed by atoms with E-state index in [0.717, 1.165) is 39.5 Å². The van der Waals surface area contributed by atoms with Gasteiger partial charge in [-0.25, -0.2) is 4.85 Å². The van der Waals surface area contributed by atoms with Crippen molar-refractivity contribution < 1.29 is 0 Å². The van der Waals surface area contributed by atoms with Crippen LogP contribution < -0.4 is 9.80 Å². The lowest BCUT2D eigenvalue weighted by molar-refractivity contribution is 0.803. The second-order valence-corrected chi connectivity index (χ2v) is 20.2. The fourth-order valence-corrected chi connectivity index (χ4v) is 12.1. The van der Waals surface area contributed by atoms with Gasteiger partial charge in [0.05, 0.1) is 23.6 Å². The Morgan fingerprint density at radius 3 is 1.48 bits per heavy atom. The predicted octanol–water partition coefficient (Wildman–Crippen LogP) is 19.1. The summed E-state index contributed by atoms with van der Waals surface area (Å²) < 4.78 is 0. The van der Waals surface area contributed by atoms with Gasteiger partial charge in [0.15, 0.2) is 5.69 Å². The van der Waals surface area contributed by atoms with Crippen molar-refractivity contribution in [1.29, 1.82) is 5.26 Å². The summed E-state index contributed by atoms with van der Waals surface area (Å²) in [4.78, 5) is 8.36. The van der Waals surface area contributed by atoms with Crippen molar-refractivity contribution >= 4 is 72.1 Å². The topological polar surface area (TPSA) is 34.6 Å². The molecule has 0 saturated heterocycles. The first-order valence-corrected chi connectivity index (χ1v) is 25.3. The molecule has 0 radical (unpaired) electrons. The number of hydrogen-bond acceptors (Lipinski definition) is 3. The molecule has 0 atom stereocenters. The number of hydrogen-bond donors (Lipinski definition) is 0. The van der Waals surface area contributed by atoms with Crippen molar-refractivity contribution in [1.82, 2.24) is 0 Å². The Morgan fingerprint density at radius 2 is 0.918 bits per heavy atom. The molecule has 4 nitrogen and oxygen atoms in total. The lowest BCUT2D eigenvalue weighted by Gasteiger charge is -2.32. The number of benzene rings is 11. The van der Waals surface area contributed by atoms with Crippen molar-refractivity contribution in [3.05, 3.63) is 269 Å². The Kier molecular flexibility index (Phi) is 10.2. The molecular weight excluding hydrogens is 885 g/mol. The fourth-order valence-electron chi connectivity index (χ4n) is 12.1. The number of rotatable bonds is 8. The number of nitriles is 1. The molecule has 73 heavy (non-hydrogen) atoms. The second-order valence-electron chi connectivity index (χ2n) is 20.2.